The Morgan fingerprint density at radius 2 is 2.07 bits per heavy atom. The van der Waals surface area contributed by atoms with Crippen LogP contribution in [0.25, 0.3) is 6.08 Å². The molecule has 1 aromatic heterocycles. The number of carbonyl (C=O) groups excluding carboxylic acids is 1. The zero-order chi connectivity index (χ0) is 20.5. The number of hydrogen-bond donors (Lipinski definition) is 1. The molecule has 1 N–H and O–H groups in total. The van der Waals surface area contributed by atoms with Gasteiger partial charge in [0.25, 0.3) is 0 Å². The first-order valence-corrected chi connectivity index (χ1v) is 11.3. The standard InChI is InChI=1S/C23H30N2O3S/c1-3-4-5-8-15-28-19-13-11-17(16-20(19)27-2)12-14-22(26)25-23-24-18-9-6-7-10-21(18)29-23/h11-14,16H,3-10,15H2,1-2H3,(H,24,25,26). The number of amides is 1. The number of hydrogen-bond acceptors (Lipinski definition) is 5. The van der Waals surface area contributed by atoms with Gasteiger partial charge in [0, 0.05) is 11.0 Å². The first-order chi connectivity index (χ1) is 14.2. The third kappa shape index (κ3) is 6.32. The van der Waals surface area contributed by atoms with E-state index in [0.29, 0.717) is 17.5 Å². The zero-order valence-electron chi connectivity index (χ0n) is 17.3. The van der Waals surface area contributed by atoms with Gasteiger partial charge < -0.3 is 9.47 Å². The molecule has 2 aromatic rings. The van der Waals surface area contributed by atoms with Gasteiger partial charge in [-0.15, -0.1) is 11.3 Å². The number of benzene rings is 1. The van der Waals surface area contributed by atoms with E-state index in [1.54, 1.807) is 24.5 Å². The molecule has 0 fully saturated rings. The highest BCUT2D eigenvalue weighted by atomic mass is 32.1. The van der Waals surface area contributed by atoms with Crippen molar-refractivity contribution in [3.05, 3.63) is 40.4 Å². The molecule has 1 aliphatic carbocycles. The molecule has 0 aliphatic heterocycles. The Bertz CT molecular complexity index is 821. The van der Waals surface area contributed by atoms with Crippen LogP contribution in [0.4, 0.5) is 5.13 Å². The number of methoxy groups -OCH3 is 1. The SMILES string of the molecule is CCCCCCOc1ccc(C=CC(=O)Nc2nc3c(s2)CCCC3)cc1OC. The molecule has 156 valence electrons. The van der Waals surface area contributed by atoms with E-state index >= 15 is 0 Å². The summed E-state index contributed by atoms with van der Waals surface area (Å²) in [6, 6.07) is 5.70. The molecule has 6 heteroatoms. The largest absolute Gasteiger partial charge is 0.493 e. The van der Waals surface area contributed by atoms with Crippen molar-refractivity contribution >= 4 is 28.5 Å². The Morgan fingerprint density at radius 1 is 1.21 bits per heavy atom. The quantitative estimate of drug-likeness (QED) is 0.404. The Hall–Kier alpha value is -2.34. The predicted octanol–water partition coefficient (Wildman–Crippen LogP) is 5.64. The fourth-order valence-corrected chi connectivity index (χ4v) is 4.40. The number of carbonyl (C=O) groups is 1. The maximum absolute atomic E-state index is 12.3. The van der Waals surface area contributed by atoms with E-state index in [2.05, 4.69) is 17.2 Å². The highest BCUT2D eigenvalue weighted by molar-refractivity contribution is 7.15. The number of nitrogens with zero attached hydrogens (tertiary/aromatic N) is 1. The summed E-state index contributed by atoms with van der Waals surface area (Å²) < 4.78 is 11.3. The number of thiazole rings is 1. The summed E-state index contributed by atoms with van der Waals surface area (Å²) >= 11 is 1.59. The van der Waals surface area contributed by atoms with Gasteiger partial charge in [-0.2, -0.15) is 0 Å². The van der Waals surface area contributed by atoms with Crippen LogP contribution in [-0.4, -0.2) is 24.6 Å². The molecular formula is C23H30N2O3S. The first-order valence-electron chi connectivity index (χ1n) is 10.5. The normalized spacial score (nSPS) is 13.3. The van der Waals surface area contributed by atoms with Crippen molar-refractivity contribution in [2.24, 2.45) is 0 Å². The van der Waals surface area contributed by atoms with Gasteiger partial charge in [0.1, 0.15) is 0 Å². The highest BCUT2D eigenvalue weighted by Crippen LogP contribution is 2.30. The van der Waals surface area contributed by atoms with Gasteiger partial charge in [0.15, 0.2) is 16.6 Å². The third-order valence-corrected chi connectivity index (χ3v) is 6.02. The van der Waals surface area contributed by atoms with Crippen molar-refractivity contribution < 1.29 is 14.3 Å². The minimum absolute atomic E-state index is 0.175. The number of nitrogens with one attached hydrogen (secondary N) is 1. The molecule has 1 amide bonds. The molecule has 3 rings (SSSR count). The second-order valence-electron chi connectivity index (χ2n) is 7.24. The average molecular weight is 415 g/mol. The fraction of sp³-hybridized carbons (Fsp3) is 0.478. The minimum atomic E-state index is -0.175. The molecule has 5 nitrogen and oxygen atoms in total. The average Bonchev–Trinajstić information content (AvgIpc) is 3.14. The second-order valence-corrected chi connectivity index (χ2v) is 8.32. The van der Waals surface area contributed by atoms with E-state index in [-0.39, 0.29) is 5.91 Å². The molecule has 0 atom stereocenters. The number of unbranched alkanes of at least 4 members (excludes halogenated alkanes) is 3. The van der Waals surface area contributed by atoms with Gasteiger partial charge >= 0.3 is 0 Å². The summed E-state index contributed by atoms with van der Waals surface area (Å²) in [6.45, 7) is 2.88. The van der Waals surface area contributed by atoms with Crippen molar-refractivity contribution in [2.45, 2.75) is 58.3 Å². The molecule has 0 radical (unpaired) electrons. The molecule has 1 heterocycles. The van der Waals surface area contributed by atoms with Crippen molar-refractivity contribution in [2.75, 3.05) is 19.0 Å². The van der Waals surface area contributed by atoms with Crippen molar-refractivity contribution in [3.63, 3.8) is 0 Å². The van der Waals surface area contributed by atoms with Gasteiger partial charge in [-0.3, -0.25) is 10.1 Å². The molecule has 0 saturated heterocycles. The number of anilines is 1. The number of aromatic nitrogens is 1. The van der Waals surface area contributed by atoms with Crippen LogP contribution >= 0.6 is 11.3 Å². The van der Waals surface area contributed by atoms with Crippen molar-refractivity contribution in [1.29, 1.82) is 0 Å². The smallest absolute Gasteiger partial charge is 0.250 e. The minimum Gasteiger partial charge on any atom is -0.493 e. The molecular weight excluding hydrogens is 384 g/mol. The van der Waals surface area contributed by atoms with E-state index in [1.165, 1.54) is 43.1 Å². The molecule has 0 saturated carbocycles. The van der Waals surface area contributed by atoms with Crippen LogP contribution in [0.2, 0.25) is 0 Å². The van der Waals surface area contributed by atoms with Crippen LogP contribution in [0.15, 0.2) is 24.3 Å². The van der Waals surface area contributed by atoms with Crippen molar-refractivity contribution in [1.82, 2.24) is 4.98 Å². The Labute approximate surface area is 177 Å². The maximum Gasteiger partial charge on any atom is 0.250 e. The van der Waals surface area contributed by atoms with Crippen LogP contribution in [0.1, 0.15) is 61.6 Å². The first kappa shape index (κ1) is 21.4. The van der Waals surface area contributed by atoms with Crippen LogP contribution in [0.3, 0.4) is 0 Å². The molecule has 1 aromatic carbocycles. The summed E-state index contributed by atoms with van der Waals surface area (Å²) in [7, 11) is 1.63. The van der Waals surface area contributed by atoms with Crippen LogP contribution in [0, 0.1) is 0 Å². The lowest BCUT2D eigenvalue weighted by molar-refractivity contribution is -0.111. The molecule has 0 spiro atoms. The van der Waals surface area contributed by atoms with Crippen LogP contribution < -0.4 is 14.8 Å². The van der Waals surface area contributed by atoms with Crippen LogP contribution in [0.5, 0.6) is 11.5 Å². The van der Waals surface area contributed by atoms with Gasteiger partial charge in [0.2, 0.25) is 5.91 Å². The Kier molecular flexibility index (Phi) is 8.11. The van der Waals surface area contributed by atoms with E-state index in [4.69, 9.17) is 9.47 Å². The van der Waals surface area contributed by atoms with Crippen molar-refractivity contribution in [3.8, 4) is 11.5 Å². The summed E-state index contributed by atoms with van der Waals surface area (Å²) in [4.78, 5) is 18.1. The van der Waals surface area contributed by atoms with Gasteiger partial charge in [-0.1, -0.05) is 32.3 Å². The molecule has 0 bridgehead atoms. The lowest BCUT2D eigenvalue weighted by Crippen LogP contribution is -2.07. The summed E-state index contributed by atoms with van der Waals surface area (Å²) in [6.07, 6.45) is 12.5. The van der Waals surface area contributed by atoms with Gasteiger partial charge in [-0.25, -0.2) is 4.98 Å². The number of aryl methyl sites for hydroxylation is 2. The molecule has 1 aliphatic rings. The van der Waals surface area contributed by atoms with E-state index in [9.17, 15) is 4.79 Å². The topological polar surface area (TPSA) is 60.5 Å². The second kappa shape index (κ2) is 11.0. The lowest BCUT2D eigenvalue weighted by Gasteiger charge is -2.11. The Morgan fingerprint density at radius 3 is 2.86 bits per heavy atom. The highest BCUT2D eigenvalue weighted by Gasteiger charge is 2.15. The maximum atomic E-state index is 12.3. The summed E-state index contributed by atoms with van der Waals surface area (Å²) in [5.74, 6) is 1.24. The monoisotopic (exact) mass is 414 g/mol. The molecule has 0 unspecified atom stereocenters. The summed E-state index contributed by atoms with van der Waals surface area (Å²) in [5.41, 5.74) is 2.03. The summed E-state index contributed by atoms with van der Waals surface area (Å²) in [5, 5.41) is 3.57. The number of ether oxygens (including phenoxy) is 2. The number of fused-ring (bicyclic) bond motifs is 1. The van der Waals surface area contributed by atoms with E-state index < -0.39 is 0 Å². The van der Waals surface area contributed by atoms with Gasteiger partial charge in [-0.05, 0) is 55.9 Å². The lowest BCUT2D eigenvalue weighted by atomic mass is 10.0. The number of rotatable bonds is 10. The predicted molar refractivity (Wildman–Crippen MR) is 119 cm³/mol. The third-order valence-electron chi connectivity index (χ3n) is 4.95. The van der Waals surface area contributed by atoms with E-state index in [1.807, 2.05) is 18.2 Å². The fourth-order valence-electron chi connectivity index (χ4n) is 3.34. The van der Waals surface area contributed by atoms with E-state index in [0.717, 1.165) is 36.3 Å². The van der Waals surface area contributed by atoms with Crippen LogP contribution in [-0.2, 0) is 17.6 Å². The van der Waals surface area contributed by atoms with Gasteiger partial charge in [0.05, 0.1) is 19.4 Å². The zero-order valence-corrected chi connectivity index (χ0v) is 18.1. The molecule has 29 heavy (non-hydrogen) atoms. The Balaban J connectivity index is 1.55.